The quantitative estimate of drug-likeness (QED) is 0.589. The van der Waals surface area contributed by atoms with Crippen LogP contribution in [-0.4, -0.2) is 34.1 Å². The van der Waals surface area contributed by atoms with E-state index in [-0.39, 0.29) is 28.3 Å². The normalized spacial score (nSPS) is 11.4. The molecule has 0 fully saturated rings. The number of aromatic nitrogens is 4. The summed E-state index contributed by atoms with van der Waals surface area (Å²) in [6.45, 7) is 1.80. The molecule has 0 aliphatic heterocycles. The molecule has 0 spiro atoms. The van der Waals surface area contributed by atoms with Crippen LogP contribution in [0.4, 0.5) is 5.13 Å². The topological polar surface area (TPSA) is 119 Å². The molecule has 11 heteroatoms. The number of sulfonamides is 1. The molecule has 2 N–H and O–H groups in total. The maximum absolute atomic E-state index is 12.3. The van der Waals surface area contributed by atoms with Crippen LogP contribution in [0.15, 0.2) is 47.3 Å². The summed E-state index contributed by atoms with van der Waals surface area (Å²) >= 11 is 0.804. The van der Waals surface area contributed by atoms with Crippen LogP contribution < -0.4 is 10.0 Å². The van der Waals surface area contributed by atoms with Crippen molar-refractivity contribution >= 4 is 32.4 Å². The maximum Gasteiger partial charge on any atom is 0.270 e. The van der Waals surface area contributed by atoms with Crippen LogP contribution in [0.5, 0.6) is 0 Å². The molecule has 26 heavy (non-hydrogen) atoms. The van der Waals surface area contributed by atoms with E-state index in [2.05, 4.69) is 25.2 Å². The third-order valence-electron chi connectivity index (χ3n) is 3.41. The number of benzene rings is 1. The van der Waals surface area contributed by atoms with Crippen molar-refractivity contribution in [3.05, 3.63) is 48.5 Å². The van der Waals surface area contributed by atoms with Gasteiger partial charge in [-0.1, -0.05) is 30.4 Å². The van der Waals surface area contributed by atoms with Gasteiger partial charge in [-0.2, -0.15) is 0 Å². The van der Waals surface area contributed by atoms with Crippen LogP contribution in [-0.2, 0) is 21.4 Å². The van der Waals surface area contributed by atoms with Gasteiger partial charge in [0.15, 0.2) is 0 Å². The van der Waals surface area contributed by atoms with E-state index in [1.54, 1.807) is 19.4 Å². The van der Waals surface area contributed by atoms with Crippen LogP contribution in [0.2, 0.25) is 0 Å². The van der Waals surface area contributed by atoms with Crippen LogP contribution >= 0.6 is 11.3 Å². The fourth-order valence-corrected chi connectivity index (χ4v) is 3.99. The molecule has 0 aliphatic rings. The SMILES string of the molecule is CCC(=O)Nc1nnc(S(=O)(=O)NCc2ccc(-n3ccnc3)cc2)s1. The summed E-state index contributed by atoms with van der Waals surface area (Å²) < 4.78 is 28.7. The Labute approximate surface area is 154 Å². The lowest BCUT2D eigenvalue weighted by Crippen LogP contribution is -2.23. The summed E-state index contributed by atoms with van der Waals surface area (Å²) in [6, 6.07) is 7.39. The van der Waals surface area contributed by atoms with E-state index in [1.807, 2.05) is 35.0 Å². The summed E-state index contributed by atoms with van der Waals surface area (Å²) in [5.41, 5.74) is 1.72. The predicted molar refractivity (Wildman–Crippen MR) is 96.4 cm³/mol. The van der Waals surface area contributed by atoms with E-state index >= 15 is 0 Å². The molecule has 136 valence electrons. The van der Waals surface area contributed by atoms with Gasteiger partial charge in [0.25, 0.3) is 10.0 Å². The number of rotatable bonds is 7. The predicted octanol–water partition coefficient (Wildman–Crippen LogP) is 1.55. The van der Waals surface area contributed by atoms with Gasteiger partial charge in [0, 0.05) is 31.0 Å². The molecule has 3 aromatic rings. The zero-order chi connectivity index (χ0) is 18.6. The summed E-state index contributed by atoms with van der Waals surface area (Å²) in [5.74, 6) is -0.254. The van der Waals surface area contributed by atoms with Crippen molar-refractivity contribution in [2.45, 2.75) is 24.2 Å². The second kappa shape index (κ2) is 7.72. The fourth-order valence-electron chi connectivity index (χ4n) is 2.01. The van der Waals surface area contributed by atoms with Gasteiger partial charge in [-0.15, -0.1) is 10.2 Å². The van der Waals surface area contributed by atoms with Crippen molar-refractivity contribution in [3.8, 4) is 5.69 Å². The van der Waals surface area contributed by atoms with E-state index in [1.165, 1.54) is 0 Å². The zero-order valence-electron chi connectivity index (χ0n) is 13.8. The molecule has 0 bridgehead atoms. The highest BCUT2D eigenvalue weighted by Crippen LogP contribution is 2.20. The van der Waals surface area contributed by atoms with Gasteiger partial charge in [0.05, 0.1) is 6.33 Å². The molecule has 0 aliphatic carbocycles. The summed E-state index contributed by atoms with van der Waals surface area (Å²) in [6.07, 6.45) is 5.46. The summed E-state index contributed by atoms with van der Waals surface area (Å²) in [5, 5.41) is 9.94. The van der Waals surface area contributed by atoms with Gasteiger partial charge in [0.2, 0.25) is 15.4 Å². The first-order valence-electron chi connectivity index (χ1n) is 7.68. The number of hydrogen-bond acceptors (Lipinski definition) is 7. The second-order valence-corrected chi connectivity index (χ2v) is 8.15. The maximum atomic E-state index is 12.3. The average molecular weight is 392 g/mol. The Balaban J connectivity index is 1.64. The number of amides is 1. The lowest BCUT2D eigenvalue weighted by Gasteiger charge is -2.06. The number of anilines is 1. The fraction of sp³-hybridized carbons (Fsp3) is 0.200. The summed E-state index contributed by atoms with van der Waals surface area (Å²) in [7, 11) is -3.81. The van der Waals surface area contributed by atoms with Crippen LogP contribution in [0.1, 0.15) is 18.9 Å². The Morgan fingerprint density at radius 2 is 2.00 bits per heavy atom. The van der Waals surface area contributed by atoms with E-state index < -0.39 is 10.0 Å². The zero-order valence-corrected chi connectivity index (χ0v) is 15.4. The number of nitrogens with one attached hydrogen (secondary N) is 2. The van der Waals surface area contributed by atoms with Gasteiger partial charge in [-0.25, -0.2) is 18.1 Å². The van der Waals surface area contributed by atoms with E-state index in [0.29, 0.717) is 0 Å². The molecule has 1 aromatic carbocycles. The van der Waals surface area contributed by atoms with E-state index in [0.717, 1.165) is 22.6 Å². The van der Waals surface area contributed by atoms with Gasteiger partial charge < -0.3 is 9.88 Å². The monoisotopic (exact) mass is 392 g/mol. The minimum absolute atomic E-state index is 0.114. The average Bonchev–Trinajstić information content (AvgIpc) is 3.32. The van der Waals surface area contributed by atoms with Crippen LogP contribution in [0.3, 0.4) is 0 Å². The minimum atomic E-state index is -3.81. The Morgan fingerprint density at radius 3 is 2.65 bits per heavy atom. The van der Waals surface area contributed by atoms with Gasteiger partial charge in [-0.3, -0.25) is 4.79 Å². The van der Waals surface area contributed by atoms with Crippen LogP contribution in [0.25, 0.3) is 5.69 Å². The highest BCUT2D eigenvalue weighted by Gasteiger charge is 2.20. The molecular formula is C15H16N6O3S2. The molecule has 1 amide bonds. The number of carbonyl (C=O) groups is 1. The highest BCUT2D eigenvalue weighted by atomic mass is 32.2. The third-order valence-corrected chi connectivity index (χ3v) is 6.02. The lowest BCUT2D eigenvalue weighted by atomic mass is 10.2. The molecular weight excluding hydrogens is 376 g/mol. The first kappa shape index (κ1) is 18.2. The van der Waals surface area contributed by atoms with Gasteiger partial charge >= 0.3 is 0 Å². The van der Waals surface area contributed by atoms with Crippen molar-refractivity contribution in [1.82, 2.24) is 24.5 Å². The van der Waals surface area contributed by atoms with Crippen molar-refractivity contribution < 1.29 is 13.2 Å². The molecule has 0 saturated carbocycles. The molecule has 0 unspecified atom stereocenters. The molecule has 0 atom stereocenters. The molecule has 0 saturated heterocycles. The lowest BCUT2D eigenvalue weighted by molar-refractivity contribution is -0.115. The molecule has 2 aromatic heterocycles. The van der Waals surface area contributed by atoms with Gasteiger partial charge in [-0.05, 0) is 17.7 Å². The van der Waals surface area contributed by atoms with Crippen LogP contribution in [0, 0.1) is 0 Å². The Morgan fingerprint density at radius 1 is 1.23 bits per heavy atom. The molecule has 3 rings (SSSR count). The molecule has 2 heterocycles. The summed E-state index contributed by atoms with van der Waals surface area (Å²) in [4.78, 5) is 15.3. The van der Waals surface area contributed by atoms with Gasteiger partial charge in [0.1, 0.15) is 0 Å². The first-order valence-corrected chi connectivity index (χ1v) is 9.98. The highest BCUT2D eigenvalue weighted by molar-refractivity contribution is 7.91. The second-order valence-electron chi connectivity index (χ2n) is 5.24. The van der Waals surface area contributed by atoms with Crippen molar-refractivity contribution in [3.63, 3.8) is 0 Å². The third kappa shape index (κ3) is 4.31. The first-order chi connectivity index (χ1) is 12.5. The molecule has 9 nitrogen and oxygen atoms in total. The van der Waals surface area contributed by atoms with Crippen molar-refractivity contribution in [2.24, 2.45) is 0 Å². The molecule has 0 radical (unpaired) electrons. The number of nitrogens with zero attached hydrogens (tertiary/aromatic N) is 4. The largest absolute Gasteiger partial charge is 0.306 e. The number of hydrogen-bond donors (Lipinski definition) is 2. The van der Waals surface area contributed by atoms with Crippen molar-refractivity contribution in [2.75, 3.05) is 5.32 Å². The Hall–Kier alpha value is -2.63. The Bertz CT molecular complexity index is 981. The van der Waals surface area contributed by atoms with E-state index in [4.69, 9.17) is 0 Å². The smallest absolute Gasteiger partial charge is 0.270 e. The standard InChI is InChI=1S/C15H16N6O3S2/c1-2-13(22)18-14-19-20-15(25-14)26(23,24)17-9-11-3-5-12(6-4-11)21-8-7-16-10-21/h3-8,10,17H,2,9H2,1H3,(H,18,19,22). The minimum Gasteiger partial charge on any atom is -0.306 e. The number of carbonyl (C=O) groups excluding carboxylic acids is 1. The Kier molecular flexibility index (Phi) is 5.40. The number of imidazole rings is 1. The van der Waals surface area contributed by atoms with Crippen molar-refractivity contribution in [1.29, 1.82) is 0 Å². The van der Waals surface area contributed by atoms with E-state index in [9.17, 15) is 13.2 Å².